The Labute approximate surface area is 124 Å². The second-order valence-electron chi connectivity index (χ2n) is 5.14. The number of para-hydroxylation sites is 1. The molecule has 0 bridgehead atoms. The highest BCUT2D eigenvalue weighted by atomic mass is 15.1. The maximum absolute atomic E-state index is 4.72. The Bertz CT molecular complexity index is 717. The predicted molar refractivity (Wildman–Crippen MR) is 85.1 cm³/mol. The Morgan fingerprint density at radius 3 is 2.95 bits per heavy atom. The molecule has 1 N–H and O–H groups in total. The molecule has 0 saturated heterocycles. The molecule has 21 heavy (non-hydrogen) atoms. The van der Waals surface area contributed by atoms with Crippen molar-refractivity contribution in [3.63, 3.8) is 0 Å². The number of pyridine rings is 1. The van der Waals surface area contributed by atoms with Gasteiger partial charge in [0.1, 0.15) is 5.82 Å². The van der Waals surface area contributed by atoms with Gasteiger partial charge in [-0.15, -0.1) is 0 Å². The van der Waals surface area contributed by atoms with Crippen molar-refractivity contribution in [2.45, 2.75) is 26.4 Å². The van der Waals surface area contributed by atoms with Crippen LogP contribution < -0.4 is 5.32 Å². The Hall–Kier alpha value is -2.20. The first kappa shape index (κ1) is 13.8. The fourth-order valence-corrected chi connectivity index (χ4v) is 2.40. The van der Waals surface area contributed by atoms with Gasteiger partial charge in [-0.1, -0.05) is 31.2 Å². The molecule has 0 atom stereocenters. The average molecular weight is 280 g/mol. The zero-order valence-corrected chi connectivity index (χ0v) is 12.3. The minimum absolute atomic E-state index is 0.758. The van der Waals surface area contributed by atoms with E-state index in [9.17, 15) is 0 Å². The Balaban J connectivity index is 1.77. The molecule has 0 unspecified atom stereocenters. The molecule has 0 aliphatic heterocycles. The molecule has 0 saturated carbocycles. The van der Waals surface area contributed by atoms with Crippen molar-refractivity contribution in [2.75, 3.05) is 6.54 Å². The summed E-state index contributed by atoms with van der Waals surface area (Å²) in [6.45, 7) is 4.74. The highest BCUT2D eigenvalue weighted by Gasteiger charge is 2.04. The summed E-state index contributed by atoms with van der Waals surface area (Å²) in [7, 11) is 0. The van der Waals surface area contributed by atoms with Crippen molar-refractivity contribution in [3.8, 4) is 0 Å². The standard InChI is InChI=1S/C17H20N4/c1-2-9-18-12-17-19-10-11-21(17)13-15-8-7-14-5-3-4-6-16(14)20-15/h3-8,10-11,18H,2,9,12-13H2,1H3. The normalized spacial score (nSPS) is 11.1. The van der Waals surface area contributed by atoms with E-state index >= 15 is 0 Å². The summed E-state index contributed by atoms with van der Waals surface area (Å²) in [6.07, 6.45) is 5.00. The van der Waals surface area contributed by atoms with E-state index in [1.165, 1.54) is 5.39 Å². The van der Waals surface area contributed by atoms with Gasteiger partial charge in [-0.05, 0) is 25.1 Å². The van der Waals surface area contributed by atoms with E-state index in [1.807, 2.05) is 24.5 Å². The van der Waals surface area contributed by atoms with Crippen LogP contribution >= 0.6 is 0 Å². The summed E-state index contributed by atoms with van der Waals surface area (Å²) in [5.74, 6) is 1.05. The van der Waals surface area contributed by atoms with E-state index in [0.717, 1.165) is 43.1 Å². The van der Waals surface area contributed by atoms with E-state index in [0.29, 0.717) is 0 Å². The van der Waals surface area contributed by atoms with Crippen LogP contribution in [0, 0.1) is 0 Å². The first-order chi connectivity index (χ1) is 10.4. The van der Waals surface area contributed by atoms with Crippen molar-refractivity contribution < 1.29 is 0 Å². The number of aromatic nitrogens is 3. The van der Waals surface area contributed by atoms with Gasteiger partial charge in [0.2, 0.25) is 0 Å². The van der Waals surface area contributed by atoms with E-state index in [2.05, 4.69) is 46.1 Å². The summed E-state index contributed by atoms with van der Waals surface area (Å²) >= 11 is 0. The minimum Gasteiger partial charge on any atom is -0.328 e. The molecule has 0 fully saturated rings. The molecule has 2 heterocycles. The van der Waals surface area contributed by atoms with Gasteiger partial charge < -0.3 is 9.88 Å². The summed E-state index contributed by atoms with van der Waals surface area (Å²) in [5, 5.41) is 4.57. The lowest BCUT2D eigenvalue weighted by Crippen LogP contribution is -2.18. The van der Waals surface area contributed by atoms with Gasteiger partial charge in [0.15, 0.2) is 0 Å². The number of rotatable bonds is 6. The summed E-state index contributed by atoms with van der Waals surface area (Å²) < 4.78 is 2.15. The molecule has 0 aliphatic rings. The van der Waals surface area contributed by atoms with Crippen LogP contribution in [0.25, 0.3) is 10.9 Å². The molecule has 1 aromatic carbocycles. The van der Waals surface area contributed by atoms with Gasteiger partial charge in [-0.3, -0.25) is 4.98 Å². The smallest absolute Gasteiger partial charge is 0.123 e. The molecule has 2 aromatic heterocycles. The highest BCUT2D eigenvalue weighted by molar-refractivity contribution is 5.78. The lowest BCUT2D eigenvalue weighted by molar-refractivity contribution is 0.613. The third-order valence-corrected chi connectivity index (χ3v) is 3.50. The molecule has 0 spiro atoms. The Morgan fingerprint density at radius 1 is 1.14 bits per heavy atom. The molecular weight excluding hydrogens is 260 g/mol. The quantitative estimate of drug-likeness (QED) is 0.706. The lowest BCUT2D eigenvalue weighted by Gasteiger charge is -2.09. The van der Waals surface area contributed by atoms with Crippen LogP contribution in [0.3, 0.4) is 0 Å². The average Bonchev–Trinajstić information content (AvgIpc) is 2.95. The van der Waals surface area contributed by atoms with Crippen LogP contribution in [-0.2, 0) is 13.1 Å². The number of hydrogen-bond acceptors (Lipinski definition) is 3. The molecule has 0 amide bonds. The second kappa shape index (κ2) is 6.50. The molecule has 3 rings (SSSR count). The molecule has 4 nitrogen and oxygen atoms in total. The van der Waals surface area contributed by atoms with Gasteiger partial charge in [-0.25, -0.2) is 4.98 Å². The lowest BCUT2D eigenvalue weighted by atomic mass is 10.2. The zero-order valence-electron chi connectivity index (χ0n) is 12.3. The summed E-state index contributed by atoms with van der Waals surface area (Å²) in [5.41, 5.74) is 2.10. The fourth-order valence-electron chi connectivity index (χ4n) is 2.40. The monoisotopic (exact) mass is 280 g/mol. The van der Waals surface area contributed by atoms with Crippen LogP contribution in [0.5, 0.6) is 0 Å². The predicted octanol–water partition coefficient (Wildman–Crippen LogP) is 2.98. The van der Waals surface area contributed by atoms with Gasteiger partial charge in [0, 0.05) is 17.8 Å². The first-order valence-electron chi connectivity index (χ1n) is 7.42. The topological polar surface area (TPSA) is 42.7 Å². The van der Waals surface area contributed by atoms with Crippen molar-refractivity contribution in [1.29, 1.82) is 0 Å². The molecule has 0 radical (unpaired) electrons. The summed E-state index contributed by atoms with van der Waals surface area (Å²) in [4.78, 5) is 9.14. The molecule has 108 valence electrons. The molecule has 4 heteroatoms. The molecule has 0 aliphatic carbocycles. The van der Waals surface area contributed by atoms with Crippen LogP contribution in [0.1, 0.15) is 24.9 Å². The number of nitrogens with one attached hydrogen (secondary N) is 1. The van der Waals surface area contributed by atoms with Crippen LogP contribution in [-0.4, -0.2) is 21.1 Å². The van der Waals surface area contributed by atoms with Crippen molar-refractivity contribution in [2.24, 2.45) is 0 Å². The maximum atomic E-state index is 4.72. The SMILES string of the molecule is CCCNCc1nccn1Cc1ccc2ccccc2n1. The van der Waals surface area contributed by atoms with Crippen molar-refractivity contribution in [1.82, 2.24) is 19.9 Å². The number of nitrogens with zero attached hydrogens (tertiary/aromatic N) is 3. The van der Waals surface area contributed by atoms with Crippen LogP contribution in [0.2, 0.25) is 0 Å². The van der Waals surface area contributed by atoms with Gasteiger partial charge in [0.25, 0.3) is 0 Å². The van der Waals surface area contributed by atoms with Crippen LogP contribution in [0.15, 0.2) is 48.8 Å². The number of benzene rings is 1. The third-order valence-electron chi connectivity index (χ3n) is 3.50. The minimum atomic E-state index is 0.758. The number of imidazole rings is 1. The Morgan fingerprint density at radius 2 is 2.05 bits per heavy atom. The van der Waals surface area contributed by atoms with Gasteiger partial charge >= 0.3 is 0 Å². The number of fused-ring (bicyclic) bond motifs is 1. The van der Waals surface area contributed by atoms with Gasteiger partial charge in [-0.2, -0.15) is 0 Å². The number of hydrogen-bond donors (Lipinski definition) is 1. The largest absolute Gasteiger partial charge is 0.328 e. The summed E-state index contributed by atoms with van der Waals surface area (Å²) in [6, 6.07) is 12.4. The first-order valence-corrected chi connectivity index (χ1v) is 7.42. The van der Waals surface area contributed by atoms with Crippen molar-refractivity contribution >= 4 is 10.9 Å². The van der Waals surface area contributed by atoms with Gasteiger partial charge in [0.05, 0.1) is 24.3 Å². The van der Waals surface area contributed by atoms with E-state index < -0.39 is 0 Å². The fraction of sp³-hybridized carbons (Fsp3) is 0.294. The second-order valence-corrected chi connectivity index (χ2v) is 5.14. The highest BCUT2D eigenvalue weighted by Crippen LogP contribution is 2.13. The Kier molecular flexibility index (Phi) is 4.26. The van der Waals surface area contributed by atoms with E-state index in [-0.39, 0.29) is 0 Å². The van der Waals surface area contributed by atoms with E-state index in [4.69, 9.17) is 4.98 Å². The molecular formula is C17H20N4. The molecule has 3 aromatic rings. The maximum Gasteiger partial charge on any atom is 0.123 e. The van der Waals surface area contributed by atoms with E-state index in [1.54, 1.807) is 0 Å². The van der Waals surface area contributed by atoms with Crippen LogP contribution in [0.4, 0.5) is 0 Å². The third kappa shape index (κ3) is 3.28. The van der Waals surface area contributed by atoms with Crippen molar-refractivity contribution in [3.05, 3.63) is 60.3 Å². The zero-order chi connectivity index (χ0) is 14.5.